The van der Waals surface area contributed by atoms with Crippen molar-refractivity contribution in [2.45, 2.75) is 38.2 Å². The number of hydrogen-bond acceptors (Lipinski definition) is 6. The Morgan fingerprint density at radius 3 is 2.69 bits per heavy atom. The van der Waals surface area contributed by atoms with Crippen LogP contribution in [0.3, 0.4) is 0 Å². The largest absolute Gasteiger partial charge is 0.497 e. The van der Waals surface area contributed by atoms with Crippen molar-refractivity contribution in [2.24, 2.45) is 17.8 Å². The molecule has 0 radical (unpaired) electrons. The molecular formula is C20H27NO5. The van der Waals surface area contributed by atoms with Gasteiger partial charge in [-0.05, 0) is 31.0 Å². The lowest BCUT2D eigenvalue weighted by atomic mass is 9.83. The molecule has 3 aliphatic heterocycles. The standard InChI is InChI=1S/C20H27NO5/c1-3-25-20(23)14-8-17-18(22)15-10-21(11-16(15)19(14)26-17)9-12-4-6-13(24-2)7-5-12/h4-7,14-19,22H,3,8-11H2,1-2H3/t14-,15+,16-,17-,18-,19+/m0/s1. The zero-order chi connectivity index (χ0) is 18.3. The summed E-state index contributed by atoms with van der Waals surface area (Å²) in [6.45, 7) is 4.70. The Labute approximate surface area is 154 Å². The number of likely N-dealkylation sites (tertiary alicyclic amines) is 1. The average molecular weight is 361 g/mol. The number of ether oxygens (including phenoxy) is 3. The van der Waals surface area contributed by atoms with Crippen LogP contribution in [0.4, 0.5) is 0 Å². The minimum absolute atomic E-state index is 0.131. The first-order valence-corrected chi connectivity index (χ1v) is 9.46. The predicted octanol–water partition coefficient (Wildman–Crippen LogP) is 1.45. The SMILES string of the molecule is CCOC(=O)[C@H]1C[C@@H]2O[C@H]1[C@H]1CN(Cc3ccc(OC)cc3)C[C@H]1[C@@H]2O. The average Bonchev–Trinajstić information content (AvgIpc) is 3.24. The highest BCUT2D eigenvalue weighted by Crippen LogP contribution is 2.47. The molecule has 1 aromatic rings. The lowest BCUT2D eigenvalue weighted by Crippen LogP contribution is -2.46. The van der Waals surface area contributed by atoms with E-state index in [4.69, 9.17) is 14.2 Å². The van der Waals surface area contributed by atoms with Gasteiger partial charge in [0.15, 0.2) is 0 Å². The molecule has 3 fully saturated rings. The highest BCUT2D eigenvalue weighted by Gasteiger charge is 2.58. The van der Waals surface area contributed by atoms with Crippen molar-refractivity contribution in [1.82, 2.24) is 4.90 Å². The number of carbonyl (C=O) groups excluding carboxylic acids is 1. The van der Waals surface area contributed by atoms with E-state index in [1.165, 1.54) is 5.56 Å². The van der Waals surface area contributed by atoms with Gasteiger partial charge in [0, 0.05) is 31.5 Å². The van der Waals surface area contributed by atoms with E-state index in [-0.39, 0.29) is 35.9 Å². The van der Waals surface area contributed by atoms with Gasteiger partial charge in [-0.1, -0.05) is 12.1 Å². The number of methoxy groups -OCH3 is 1. The number of nitrogens with zero attached hydrogens (tertiary/aromatic N) is 1. The van der Waals surface area contributed by atoms with Gasteiger partial charge in [0.25, 0.3) is 0 Å². The molecule has 3 aliphatic rings. The number of esters is 1. The number of fused-ring (bicyclic) bond motifs is 4. The predicted molar refractivity (Wildman–Crippen MR) is 94.7 cm³/mol. The van der Waals surface area contributed by atoms with Gasteiger partial charge in [-0.3, -0.25) is 9.69 Å². The molecule has 6 nitrogen and oxygen atoms in total. The Balaban J connectivity index is 1.45. The van der Waals surface area contributed by atoms with Gasteiger partial charge in [0.1, 0.15) is 5.75 Å². The molecule has 0 saturated carbocycles. The molecule has 142 valence electrons. The van der Waals surface area contributed by atoms with Crippen molar-refractivity contribution >= 4 is 5.97 Å². The van der Waals surface area contributed by atoms with Crippen LogP contribution in [0.2, 0.25) is 0 Å². The summed E-state index contributed by atoms with van der Waals surface area (Å²) in [5, 5.41) is 10.7. The Hall–Kier alpha value is -1.63. The third-order valence-electron chi connectivity index (χ3n) is 6.10. The second kappa shape index (κ2) is 7.18. The molecule has 0 spiro atoms. The summed E-state index contributed by atoms with van der Waals surface area (Å²) in [6.07, 6.45) is -0.294. The quantitative estimate of drug-likeness (QED) is 0.801. The molecule has 4 rings (SSSR count). The number of hydrogen-bond donors (Lipinski definition) is 1. The molecule has 0 unspecified atom stereocenters. The number of carbonyl (C=O) groups is 1. The van der Waals surface area contributed by atoms with Crippen molar-refractivity contribution in [2.75, 3.05) is 26.8 Å². The molecule has 0 aromatic heterocycles. The van der Waals surface area contributed by atoms with Crippen LogP contribution in [0.25, 0.3) is 0 Å². The van der Waals surface area contributed by atoms with E-state index in [1.807, 2.05) is 19.1 Å². The van der Waals surface area contributed by atoms with Crippen LogP contribution in [0.5, 0.6) is 5.75 Å². The summed E-state index contributed by atoms with van der Waals surface area (Å²) in [7, 11) is 1.66. The molecule has 0 aliphatic carbocycles. The molecule has 6 atom stereocenters. The van der Waals surface area contributed by atoms with Crippen molar-refractivity contribution in [3.05, 3.63) is 29.8 Å². The second-order valence-corrected chi connectivity index (χ2v) is 7.59. The number of aliphatic hydroxyl groups excluding tert-OH is 1. The smallest absolute Gasteiger partial charge is 0.311 e. The minimum Gasteiger partial charge on any atom is -0.497 e. The molecule has 26 heavy (non-hydrogen) atoms. The zero-order valence-corrected chi connectivity index (χ0v) is 15.3. The summed E-state index contributed by atoms with van der Waals surface area (Å²) < 4.78 is 16.5. The van der Waals surface area contributed by atoms with Gasteiger partial charge in [0.2, 0.25) is 0 Å². The van der Waals surface area contributed by atoms with Gasteiger partial charge < -0.3 is 19.3 Å². The van der Waals surface area contributed by atoms with Crippen LogP contribution in [-0.2, 0) is 20.8 Å². The van der Waals surface area contributed by atoms with E-state index < -0.39 is 6.10 Å². The molecule has 1 N–H and O–H groups in total. The first-order chi connectivity index (χ1) is 12.6. The molecule has 6 heteroatoms. The van der Waals surface area contributed by atoms with Crippen LogP contribution >= 0.6 is 0 Å². The van der Waals surface area contributed by atoms with Gasteiger partial charge in [0.05, 0.1) is 37.9 Å². The normalized spacial score (nSPS) is 36.0. The summed E-state index contributed by atoms with van der Waals surface area (Å²) in [4.78, 5) is 14.7. The second-order valence-electron chi connectivity index (χ2n) is 7.59. The topological polar surface area (TPSA) is 68.2 Å². The van der Waals surface area contributed by atoms with E-state index in [0.717, 1.165) is 25.4 Å². The fraction of sp³-hybridized carbons (Fsp3) is 0.650. The van der Waals surface area contributed by atoms with Crippen LogP contribution in [0, 0.1) is 17.8 Å². The van der Waals surface area contributed by atoms with E-state index in [0.29, 0.717) is 13.0 Å². The molecule has 3 saturated heterocycles. The van der Waals surface area contributed by atoms with Crippen molar-refractivity contribution in [3.63, 3.8) is 0 Å². The van der Waals surface area contributed by atoms with Gasteiger partial charge >= 0.3 is 5.97 Å². The third kappa shape index (κ3) is 3.10. The maximum absolute atomic E-state index is 12.3. The van der Waals surface area contributed by atoms with Gasteiger partial charge in [-0.2, -0.15) is 0 Å². The van der Waals surface area contributed by atoms with Crippen LogP contribution < -0.4 is 4.74 Å². The van der Waals surface area contributed by atoms with Crippen LogP contribution in [0.1, 0.15) is 18.9 Å². The monoisotopic (exact) mass is 361 g/mol. The first-order valence-electron chi connectivity index (χ1n) is 9.46. The summed E-state index contributed by atoms with van der Waals surface area (Å²) in [5.41, 5.74) is 1.21. The molecule has 0 amide bonds. The fourth-order valence-electron chi connectivity index (χ4n) is 4.88. The Morgan fingerprint density at radius 1 is 1.27 bits per heavy atom. The van der Waals surface area contributed by atoms with E-state index in [2.05, 4.69) is 17.0 Å². The summed E-state index contributed by atoms with van der Waals surface area (Å²) >= 11 is 0. The Kier molecular flexibility index (Phi) is 4.90. The number of aliphatic hydroxyl groups is 1. The number of rotatable bonds is 5. The van der Waals surface area contributed by atoms with Gasteiger partial charge in [-0.25, -0.2) is 0 Å². The van der Waals surface area contributed by atoms with Crippen LogP contribution in [-0.4, -0.2) is 61.1 Å². The van der Waals surface area contributed by atoms with E-state index in [1.54, 1.807) is 7.11 Å². The van der Waals surface area contributed by atoms with E-state index >= 15 is 0 Å². The maximum atomic E-state index is 12.3. The molecular weight excluding hydrogens is 334 g/mol. The molecule has 3 heterocycles. The van der Waals surface area contributed by atoms with Crippen LogP contribution in [0.15, 0.2) is 24.3 Å². The van der Waals surface area contributed by atoms with Crippen molar-refractivity contribution in [1.29, 1.82) is 0 Å². The maximum Gasteiger partial charge on any atom is 0.311 e. The fourth-order valence-corrected chi connectivity index (χ4v) is 4.88. The minimum atomic E-state index is -0.503. The lowest BCUT2D eigenvalue weighted by molar-refractivity contribution is -0.157. The highest BCUT2D eigenvalue weighted by atomic mass is 16.5. The zero-order valence-electron chi connectivity index (χ0n) is 15.3. The molecule has 2 bridgehead atoms. The number of benzene rings is 1. The van der Waals surface area contributed by atoms with Crippen molar-refractivity contribution < 1.29 is 24.1 Å². The van der Waals surface area contributed by atoms with E-state index in [9.17, 15) is 9.90 Å². The summed E-state index contributed by atoms with van der Waals surface area (Å²) in [6, 6.07) is 8.08. The first kappa shape index (κ1) is 17.8. The Bertz CT molecular complexity index is 648. The third-order valence-corrected chi connectivity index (χ3v) is 6.10. The highest BCUT2D eigenvalue weighted by molar-refractivity contribution is 5.73. The lowest BCUT2D eigenvalue weighted by Gasteiger charge is -2.36. The summed E-state index contributed by atoms with van der Waals surface area (Å²) in [5.74, 6) is 0.766. The van der Waals surface area contributed by atoms with Gasteiger partial charge in [-0.15, -0.1) is 0 Å². The Morgan fingerprint density at radius 2 is 2.00 bits per heavy atom. The van der Waals surface area contributed by atoms with Crippen molar-refractivity contribution in [3.8, 4) is 5.75 Å². The molecule has 1 aromatic carbocycles.